The summed E-state index contributed by atoms with van der Waals surface area (Å²) in [6.07, 6.45) is 0.927. The van der Waals surface area contributed by atoms with E-state index in [-0.39, 0.29) is 6.04 Å². The molecule has 0 saturated heterocycles. The first-order valence-corrected chi connectivity index (χ1v) is 6.46. The Morgan fingerprint density at radius 2 is 1.88 bits per heavy atom. The zero-order valence-corrected chi connectivity index (χ0v) is 11.6. The molecule has 0 spiro atoms. The average Bonchev–Trinajstić information content (AvgIpc) is 2.75. The van der Waals surface area contributed by atoms with Crippen molar-refractivity contribution in [1.29, 1.82) is 0 Å². The summed E-state index contributed by atoms with van der Waals surface area (Å²) in [6, 6.07) is 12.7. The smallest absolute Gasteiger partial charge is 0.121 e. The summed E-state index contributed by atoms with van der Waals surface area (Å²) in [5, 5.41) is 3.29. The maximum absolute atomic E-state index is 5.66. The van der Waals surface area contributed by atoms with Crippen molar-refractivity contribution in [3.63, 3.8) is 0 Å². The second kappa shape index (κ2) is 5.52. The molecule has 0 saturated carbocycles. The number of furan rings is 1. The number of rotatable bonds is 4. The lowest BCUT2D eigenvalue weighted by Crippen LogP contribution is -2.18. The topological polar surface area (TPSA) is 25.2 Å². The van der Waals surface area contributed by atoms with Crippen LogP contribution in [0.5, 0.6) is 0 Å². The maximum atomic E-state index is 5.66. The molecule has 0 aliphatic heterocycles. The molecular weight excluding hydrogens is 278 g/mol. The van der Waals surface area contributed by atoms with Gasteiger partial charge in [0.25, 0.3) is 0 Å². The Morgan fingerprint density at radius 3 is 2.41 bits per heavy atom. The minimum absolute atomic E-state index is 0.227. The molecule has 0 fully saturated rings. The first-order chi connectivity index (χ1) is 8.19. The van der Waals surface area contributed by atoms with Crippen molar-refractivity contribution in [3.05, 3.63) is 58.0 Å². The van der Waals surface area contributed by atoms with Gasteiger partial charge < -0.3 is 9.73 Å². The summed E-state index contributed by atoms with van der Waals surface area (Å²) in [5.74, 6) is 1.95. The molecule has 1 heterocycles. The van der Waals surface area contributed by atoms with E-state index in [1.807, 2.05) is 26.1 Å². The van der Waals surface area contributed by atoms with Gasteiger partial charge in [-0.3, -0.25) is 0 Å². The Kier molecular flexibility index (Phi) is 4.02. The lowest BCUT2D eigenvalue weighted by molar-refractivity contribution is 0.414. The highest BCUT2D eigenvalue weighted by Gasteiger charge is 2.13. The van der Waals surface area contributed by atoms with E-state index in [9.17, 15) is 0 Å². The highest BCUT2D eigenvalue weighted by molar-refractivity contribution is 9.10. The SMILES string of the molecule is CNC(Cc1ccc(Br)cc1)c1ccc(C)o1. The van der Waals surface area contributed by atoms with Crippen molar-refractivity contribution < 1.29 is 4.42 Å². The van der Waals surface area contributed by atoms with Crippen molar-refractivity contribution in [2.45, 2.75) is 19.4 Å². The number of benzene rings is 1. The van der Waals surface area contributed by atoms with Gasteiger partial charge in [-0.05, 0) is 50.2 Å². The summed E-state index contributed by atoms with van der Waals surface area (Å²) >= 11 is 3.44. The minimum Gasteiger partial charge on any atom is -0.465 e. The fourth-order valence-corrected chi connectivity index (χ4v) is 2.11. The number of aryl methyl sites for hydroxylation is 1. The number of halogens is 1. The van der Waals surface area contributed by atoms with Gasteiger partial charge in [-0.15, -0.1) is 0 Å². The number of nitrogens with one attached hydrogen (secondary N) is 1. The van der Waals surface area contributed by atoms with Gasteiger partial charge in [0.05, 0.1) is 6.04 Å². The molecule has 0 amide bonds. The van der Waals surface area contributed by atoms with Crippen LogP contribution in [0.1, 0.15) is 23.1 Å². The molecule has 0 aliphatic carbocycles. The van der Waals surface area contributed by atoms with Crippen LogP contribution in [-0.2, 0) is 6.42 Å². The van der Waals surface area contributed by atoms with Gasteiger partial charge in [0, 0.05) is 4.47 Å². The van der Waals surface area contributed by atoms with Crippen LogP contribution in [0, 0.1) is 6.92 Å². The van der Waals surface area contributed by atoms with E-state index in [2.05, 4.69) is 45.5 Å². The summed E-state index contributed by atoms with van der Waals surface area (Å²) in [7, 11) is 1.96. The molecule has 1 aromatic heterocycles. The fraction of sp³-hybridized carbons (Fsp3) is 0.286. The molecule has 0 bridgehead atoms. The van der Waals surface area contributed by atoms with Gasteiger partial charge in [0.1, 0.15) is 11.5 Å². The quantitative estimate of drug-likeness (QED) is 0.926. The molecule has 2 rings (SSSR count). The van der Waals surface area contributed by atoms with Crippen molar-refractivity contribution in [1.82, 2.24) is 5.32 Å². The molecule has 1 N–H and O–H groups in total. The molecule has 0 radical (unpaired) electrons. The molecule has 17 heavy (non-hydrogen) atoms. The first-order valence-electron chi connectivity index (χ1n) is 5.67. The van der Waals surface area contributed by atoms with Crippen LogP contribution in [0.15, 0.2) is 45.3 Å². The number of likely N-dealkylation sites (N-methyl/N-ethyl adjacent to an activating group) is 1. The third-order valence-electron chi connectivity index (χ3n) is 2.81. The lowest BCUT2D eigenvalue weighted by atomic mass is 10.0. The van der Waals surface area contributed by atoms with E-state index < -0.39 is 0 Å². The number of hydrogen-bond acceptors (Lipinski definition) is 2. The van der Waals surface area contributed by atoms with Crippen LogP contribution in [-0.4, -0.2) is 7.05 Å². The lowest BCUT2D eigenvalue weighted by Gasteiger charge is -2.13. The Morgan fingerprint density at radius 1 is 1.18 bits per heavy atom. The van der Waals surface area contributed by atoms with Crippen molar-refractivity contribution in [3.8, 4) is 0 Å². The van der Waals surface area contributed by atoms with Gasteiger partial charge >= 0.3 is 0 Å². The van der Waals surface area contributed by atoms with E-state index >= 15 is 0 Å². The second-order valence-corrected chi connectivity index (χ2v) is 5.04. The van der Waals surface area contributed by atoms with E-state index in [0.29, 0.717) is 0 Å². The van der Waals surface area contributed by atoms with Crippen molar-refractivity contribution in [2.75, 3.05) is 7.05 Å². The molecule has 90 valence electrons. The Labute approximate surface area is 110 Å². The Balaban J connectivity index is 2.12. The first kappa shape index (κ1) is 12.4. The van der Waals surface area contributed by atoms with Gasteiger partial charge in [0.2, 0.25) is 0 Å². The summed E-state index contributed by atoms with van der Waals surface area (Å²) in [5.41, 5.74) is 1.29. The van der Waals surface area contributed by atoms with Gasteiger partial charge in [0.15, 0.2) is 0 Å². The predicted molar refractivity (Wildman–Crippen MR) is 73.1 cm³/mol. The highest BCUT2D eigenvalue weighted by Crippen LogP contribution is 2.21. The normalized spacial score (nSPS) is 12.6. The minimum atomic E-state index is 0.227. The largest absolute Gasteiger partial charge is 0.465 e. The van der Waals surface area contributed by atoms with Crippen LogP contribution in [0.25, 0.3) is 0 Å². The summed E-state index contributed by atoms with van der Waals surface area (Å²) in [6.45, 7) is 1.97. The highest BCUT2D eigenvalue weighted by atomic mass is 79.9. The van der Waals surface area contributed by atoms with Crippen LogP contribution in [0.4, 0.5) is 0 Å². The standard InChI is InChI=1S/C14H16BrNO/c1-10-3-8-14(17-10)13(16-2)9-11-4-6-12(15)7-5-11/h3-8,13,16H,9H2,1-2H3. The zero-order valence-electron chi connectivity index (χ0n) is 10.0. The van der Waals surface area contributed by atoms with E-state index in [0.717, 1.165) is 22.4 Å². The van der Waals surface area contributed by atoms with Crippen LogP contribution >= 0.6 is 15.9 Å². The third-order valence-corrected chi connectivity index (χ3v) is 3.33. The van der Waals surface area contributed by atoms with Gasteiger partial charge in [-0.25, -0.2) is 0 Å². The second-order valence-electron chi connectivity index (χ2n) is 4.12. The van der Waals surface area contributed by atoms with Crippen LogP contribution in [0.3, 0.4) is 0 Å². The van der Waals surface area contributed by atoms with E-state index in [1.165, 1.54) is 5.56 Å². The van der Waals surface area contributed by atoms with E-state index in [1.54, 1.807) is 0 Å². The molecule has 1 aromatic carbocycles. The van der Waals surface area contributed by atoms with Crippen molar-refractivity contribution >= 4 is 15.9 Å². The van der Waals surface area contributed by atoms with Gasteiger partial charge in [-0.1, -0.05) is 28.1 Å². The zero-order chi connectivity index (χ0) is 12.3. The molecule has 3 heteroatoms. The fourth-order valence-electron chi connectivity index (χ4n) is 1.84. The number of hydrogen-bond donors (Lipinski definition) is 1. The molecule has 2 nitrogen and oxygen atoms in total. The van der Waals surface area contributed by atoms with Crippen molar-refractivity contribution in [2.24, 2.45) is 0 Å². The third kappa shape index (κ3) is 3.20. The monoisotopic (exact) mass is 293 g/mol. The van der Waals surface area contributed by atoms with Crippen LogP contribution < -0.4 is 5.32 Å². The maximum Gasteiger partial charge on any atom is 0.121 e. The van der Waals surface area contributed by atoms with E-state index in [4.69, 9.17) is 4.42 Å². The van der Waals surface area contributed by atoms with Gasteiger partial charge in [-0.2, -0.15) is 0 Å². The summed E-state index contributed by atoms with van der Waals surface area (Å²) in [4.78, 5) is 0. The Bertz CT molecular complexity index is 475. The molecule has 2 aromatic rings. The van der Waals surface area contributed by atoms with Crippen LogP contribution in [0.2, 0.25) is 0 Å². The summed E-state index contributed by atoms with van der Waals surface area (Å²) < 4.78 is 6.77. The molecular formula is C14H16BrNO. The average molecular weight is 294 g/mol. The molecule has 1 unspecified atom stereocenters. The molecule has 0 aliphatic rings. The Hall–Kier alpha value is -1.06. The molecule has 1 atom stereocenters. The predicted octanol–water partition coefficient (Wildman–Crippen LogP) is 3.85.